The first kappa shape index (κ1) is 11.0. The second-order valence-corrected chi connectivity index (χ2v) is 3.99. The van der Waals surface area contributed by atoms with Crippen molar-refractivity contribution in [3.05, 3.63) is 35.4 Å². The second-order valence-electron chi connectivity index (χ2n) is 3.99. The molecular weight excluding hydrogens is 204 g/mol. The molecule has 2 atom stereocenters. The third-order valence-corrected chi connectivity index (χ3v) is 3.04. The lowest BCUT2D eigenvalue weighted by molar-refractivity contribution is 0.0828. The average Bonchev–Trinajstić information content (AvgIpc) is 2.29. The molecule has 1 aromatic rings. The highest BCUT2D eigenvalue weighted by atomic mass is 16.5. The minimum absolute atomic E-state index is 0.0140. The van der Waals surface area contributed by atoms with Crippen molar-refractivity contribution in [1.82, 2.24) is 5.32 Å². The normalized spacial score (nSPS) is 23.6. The van der Waals surface area contributed by atoms with Crippen LogP contribution in [0.4, 0.5) is 4.79 Å². The Hall–Kier alpha value is -1.55. The van der Waals surface area contributed by atoms with Crippen molar-refractivity contribution < 1.29 is 9.53 Å². The summed E-state index contributed by atoms with van der Waals surface area (Å²) in [5.74, 6) is 0. The number of nitrogens with two attached hydrogens (primary N) is 1. The van der Waals surface area contributed by atoms with Gasteiger partial charge in [0.05, 0.1) is 12.1 Å². The summed E-state index contributed by atoms with van der Waals surface area (Å²) < 4.78 is 5.43. The van der Waals surface area contributed by atoms with E-state index in [9.17, 15) is 4.79 Å². The highest BCUT2D eigenvalue weighted by Gasteiger charge is 2.27. The first-order chi connectivity index (χ1) is 7.72. The lowest BCUT2D eigenvalue weighted by atomic mass is 9.86. The quantitative estimate of drug-likeness (QED) is 0.799. The van der Waals surface area contributed by atoms with E-state index in [1.54, 1.807) is 7.11 Å². The lowest BCUT2D eigenvalue weighted by Crippen LogP contribution is -2.35. The van der Waals surface area contributed by atoms with E-state index in [4.69, 9.17) is 10.5 Å². The van der Waals surface area contributed by atoms with Gasteiger partial charge in [-0.3, -0.25) is 0 Å². The van der Waals surface area contributed by atoms with Crippen LogP contribution in [0.2, 0.25) is 0 Å². The number of primary amides is 1. The molecule has 0 aromatic heterocycles. The summed E-state index contributed by atoms with van der Waals surface area (Å²) in [5.41, 5.74) is 7.42. The Balaban J connectivity index is 2.31. The van der Waals surface area contributed by atoms with Gasteiger partial charge in [0.2, 0.25) is 0 Å². The number of hydrogen-bond donors (Lipinski definition) is 2. The summed E-state index contributed by atoms with van der Waals surface area (Å²) in [6.07, 6.45) is 1.89. The molecule has 4 heteroatoms. The molecule has 0 fully saturated rings. The van der Waals surface area contributed by atoms with Gasteiger partial charge < -0.3 is 15.8 Å². The second kappa shape index (κ2) is 4.53. The van der Waals surface area contributed by atoms with Crippen LogP contribution < -0.4 is 11.1 Å². The summed E-state index contributed by atoms with van der Waals surface area (Å²) in [4.78, 5) is 10.9. The van der Waals surface area contributed by atoms with E-state index in [1.807, 2.05) is 24.3 Å². The fourth-order valence-corrected chi connectivity index (χ4v) is 2.32. The zero-order valence-corrected chi connectivity index (χ0v) is 9.27. The fraction of sp³-hybridized carbons (Fsp3) is 0.417. The molecule has 1 aliphatic carbocycles. The molecule has 0 saturated carbocycles. The maximum absolute atomic E-state index is 10.9. The average molecular weight is 220 g/mol. The molecule has 0 saturated heterocycles. The Morgan fingerprint density at radius 3 is 2.69 bits per heavy atom. The summed E-state index contributed by atoms with van der Waals surface area (Å²) in [6.45, 7) is 0. The van der Waals surface area contributed by atoms with E-state index in [0.717, 1.165) is 24.0 Å². The van der Waals surface area contributed by atoms with Crippen molar-refractivity contribution in [1.29, 1.82) is 0 Å². The first-order valence-electron chi connectivity index (χ1n) is 5.40. The van der Waals surface area contributed by atoms with Crippen LogP contribution in [0.25, 0.3) is 0 Å². The third-order valence-electron chi connectivity index (χ3n) is 3.04. The van der Waals surface area contributed by atoms with Crippen molar-refractivity contribution in [2.75, 3.05) is 7.11 Å². The molecule has 2 rings (SSSR count). The number of methoxy groups -OCH3 is 1. The number of carbonyl (C=O) groups excluding carboxylic acids is 1. The number of amides is 2. The van der Waals surface area contributed by atoms with Crippen molar-refractivity contribution in [2.24, 2.45) is 5.73 Å². The molecule has 0 heterocycles. The molecule has 2 amide bonds. The lowest BCUT2D eigenvalue weighted by Gasteiger charge is -2.30. The Bertz CT molecular complexity index is 392. The van der Waals surface area contributed by atoms with Gasteiger partial charge in [-0.25, -0.2) is 4.79 Å². The first-order valence-corrected chi connectivity index (χ1v) is 5.40. The number of urea groups is 1. The molecule has 0 radical (unpaired) electrons. The standard InChI is InChI=1S/C12H16N2O2/c1-16-11-7-6-10(14-12(13)15)8-4-2-3-5-9(8)11/h2-5,10-11H,6-7H2,1H3,(H3,13,14,15). The largest absolute Gasteiger partial charge is 0.377 e. The van der Waals surface area contributed by atoms with Crippen LogP contribution in [0, 0.1) is 0 Å². The molecule has 0 spiro atoms. The molecule has 3 N–H and O–H groups in total. The number of carbonyl (C=O) groups is 1. The molecule has 0 aliphatic heterocycles. The number of hydrogen-bond acceptors (Lipinski definition) is 2. The van der Waals surface area contributed by atoms with Gasteiger partial charge in [-0.15, -0.1) is 0 Å². The van der Waals surface area contributed by atoms with Gasteiger partial charge in [0.25, 0.3) is 0 Å². The van der Waals surface area contributed by atoms with Crippen LogP contribution in [0.3, 0.4) is 0 Å². The summed E-state index contributed by atoms with van der Waals surface area (Å²) in [7, 11) is 1.71. The Morgan fingerprint density at radius 2 is 2.06 bits per heavy atom. The van der Waals surface area contributed by atoms with Crippen molar-refractivity contribution in [2.45, 2.75) is 25.0 Å². The Morgan fingerprint density at radius 1 is 1.38 bits per heavy atom. The molecule has 1 aromatic carbocycles. The monoisotopic (exact) mass is 220 g/mol. The van der Waals surface area contributed by atoms with Crippen LogP contribution in [0.5, 0.6) is 0 Å². The molecule has 1 aliphatic rings. The minimum atomic E-state index is -0.476. The SMILES string of the molecule is COC1CCC(NC(N)=O)c2ccccc21. The van der Waals surface area contributed by atoms with Gasteiger partial charge in [-0.2, -0.15) is 0 Å². The van der Waals surface area contributed by atoms with Gasteiger partial charge in [0.1, 0.15) is 0 Å². The molecule has 2 unspecified atom stereocenters. The minimum Gasteiger partial charge on any atom is -0.377 e. The van der Waals surface area contributed by atoms with Crippen LogP contribution in [-0.2, 0) is 4.74 Å². The van der Waals surface area contributed by atoms with E-state index in [-0.39, 0.29) is 12.1 Å². The zero-order chi connectivity index (χ0) is 11.5. The topological polar surface area (TPSA) is 64.3 Å². The van der Waals surface area contributed by atoms with E-state index in [2.05, 4.69) is 5.32 Å². The molecular formula is C12H16N2O2. The number of rotatable bonds is 2. The van der Waals surface area contributed by atoms with E-state index >= 15 is 0 Å². The van der Waals surface area contributed by atoms with Crippen LogP contribution in [-0.4, -0.2) is 13.1 Å². The highest BCUT2D eigenvalue weighted by Crippen LogP contribution is 2.37. The smallest absolute Gasteiger partial charge is 0.312 e. The van der Waals surface area contributed by atoms with Crippen molar-refractivity contribution in [3.8, 4) is 0 Å². The van der Waals surface area contributed by atoms with E-state index < -0.39 is 6.03 Å². The third kappa shape index (κ3) is 2.02. The van der Waals surface area contributed by atoms with Gasteiger partial charge in [-0.1, -0.05) is 24.3 Å². The van der Waals surface area contributed by atoms with E-state index in [1.165, 1.54) is 0 Å². The number of ether oxygens (including phenoxy) is 1. The number of benzene rings is 1. The maximum atomic E-state index is 10.9. The summed E-state index contributed by atoms with van der Waals surface area (Å²) >= 11 is 0. The molecule has 4 nitrogen and oxygen atoms in total. The van der Waals surface area contributed by atoms with Crippen LogP contribution >= 0.6 is 0 Å². The predicted molar refractivity (Wildman–Crippen MR) is 60.9 cm³/mol. The fourth-order valence-electron chi connectivity index (χ4n) is 2.32. The molecule has 16 heavy (non-hydrogen) atoms. The van der Waals surface area contributed by atoms with Crippen molar-refractivity contribution >= 4 is 6.03 Å². The molecule has 0 bridgehead atoms. The Labute approximate surface area is 94.8 Å². The van der Waals surface area contributed by atoms with Gasteiger partial charge in [0.15, 0.2) is 0 Å². The number of nitrogens with one attached hydrogen (secondary N) is 1. The van der Waals surface area contributed by atoms with Crippen molar-refractivity contribution in [3.63, 3.8) is 0 Å². The van der Waals surface area contributed by atoms with Crippen LogP contribution in [0.1, 0.15) is 36.1 Å². The van der Waals surface area contributed by atoms with Crippen LogP contribution in [0.15, 0.2) is 24.3 Å². The van der Waals surface area contributed by atoms with Gasteiger partial charge >= 0.3 is 6.03 Å². The Kier molecular flexibility index (Phi) is 3.10. The predicted octanol–water partition coefficient (Wildman–Crippen LogP) is 1.88. The van der Waals surface area contributed by atoms with Gasteiger partial charge in [0, 0.05) is 7.11 Å². The highest BCUT2D eigenvalue weighted by molar-refractivity contribution is 5.72. The molecule has 86 valence electrons. The zero-order valence-electron chi connectivity index (χ0n) is 9.27. The maximum Gasteiger partial charge on any atom is 0.312 e. The summed E-state index contributed by atoms with van der Waals surface area (Å²) in [6, 6.07) is 7.54. The van der Waals surface area contributed by atoms with Gasteiger partial charge in [-0.05, 0) is 24.0 Å². The number of fused-ring (bicyclic) bond motifs is 1. The summed E-state index contributed by atoms with van der Waals surface area (Å²) in [5, 5.41) is 2.77. The van der Waals surface area contributed by atoms with E-state index in [0.29, 0.717) is 0 Å².